The smallest absolute Gasteiger partial charge is 0.274 e. The Balaban J connectivity index is 1.54. The largest absolute Gasteiger partial charge is 0.337 e. The zero-order valence-corrected chi connectivity index (χ0v) is 18.2. The van der Waals surface area contributed by atoms with Gasteiger partial charge in [0.05, 0.1) is 0 Å². The van der Waals surface area contributed by atoms with Crippen LogP contribution < -0.4 is 0 Å². The lowest BCUT2D eigenvalue weighted by atomic mass is 9.90. The average molecular weight is 413 g/mol. The number of likely N-dealkylation sites (tertiary alicyclic amines) is 1. The minimum atomic E-state index is -0.201. The van der Waals surface area contributed by atoms with Crippen LogP contribution >= 0.6 is 0 Å². The van der Waals surface area contributed by atoms with E-state index in [2.05, 4.69) is 23.6 Å². The number of amides is 1. The molecule has 1 aliphatic heterocycles. The van der Waals surface area contributed by atoms with Gasteiger partial charge in [0.25, 0.3) is 5.91 Å². The minimum Gasteiger partial charge on any atom is -0.337 e. The number of nitrogens with zero attached hydrogens (tertiary/aromatic N) is 4. The van der Waals surface area contributed by atoms with Crippen molar-refractivity contribution >= 4 is 5.91 Å². The first-order chi connectivity index (χ1) is 14.6. The van der Waals surface area contributed by atoms with Gasteiger partial charge in [-0.3, -0.25) is 14.4 Å². The van der Waals surface area contributed by atoms with Crippen LogP contribution in [0.15, 0.2) is 24.3 Å². The van der Waals surface area contributed by atoms with Crippen molar-refractivity contribution in [2.24, 2.45) is 0 Å². The van der Waals surface area contributed by atoms with E-state index < -0.39 is 0 Å². The number of piperidine rings is 1. The Morgan fingerprint density at radius 2 is 1.93 bits per heavy atom. The van der Waals surface area contributed by atoms with Gasteiger partial charge in [0.15, 0.2) is 5.69 Å². The number of benzene rings is 1. The lowest BCUT2D eigenvalue weighted by molar-refractivity contribution is 0.0715. The van der Waals surface area contributed by atoms with Gasteiger partial charge in [-0.25, -0.2) is 4.39 Å². The summed E-state index contributed by atoms with van der Waals surface area (Å²) in [6, 6.07) is 7.10. The number of carbonyl (C=O) groups excluding carboxylic acids is 1. The number of carbonyl (C=O) groups is 1. The molecule has 2 aliphatic rings. The highest BCUT2D eigenvalue weighted by Gasteiger charge is 2.32. The van der Waals surface area contributed by atoms with Gasteiger partial charge in [-0.1, -0.05) is 19.1 Å². The van der Waals surface area contributed by atoms with E-state index in [-0.39, 0.29) is 11.7 Å². The van der Waals surface area contributed by atoms with Gasteiger partial charge in [0, 0.05) is 43.5 Å². The number of hydrogen-bond donors (Lipinski definition) is 0. The van der Waals surface area contributed by atoms with E-state index in [0.29, 0.717) is 11.7 Å². The molecule has 162 valence electrons. The number of likely N-dealkylation sites (N-methyl/N-ethyl adjacent to an activating group) is 1. The fourth-order valence-corrected chi connectivity index (χ4v) is 4.87. The van der Waals surface area contributed by atoms with Crippen LogP contribution in [0.5, 0.6) is 0 Å². The first kappa shape index (κ1) is 21.0. The molecule has 1 aliphatic carbocycles. The standard InChI is InChI=1S/C24H33FN4O/c1-3-13-29-22-12-11-20(27(2)17-18-7-9-19(25)10-8-18)16-21(22)23(26-29)24(30)28-14-5-4-6-15-28/h7-10,20H,3-6,11-17H2,1-2H3. The first-order valence-corrected chi connectivity index (χ1v) is 11.4. The second-order valence-corrected chi connectivity index (χ2v) is 8.79. The lowest BCUT2D eigenvalue weighted by Gasteiger charge is -2.32. The van der Waals surface area contributed by atoms with Crippen molar-refractivity contribution in [2.75, 3.05) is 20.1 Å². The van der Waals surface area contributed by atoms with Crippen LogP contribution in [0.4, 0.5) is 4.39 Å². The second-order valence-electron chi connectivity index (χ2n) is 8.79. The maximum atomic E-state index is 13.3. The summed E-state index contributed by atoms with van der Waals surface area (Å²) < 4.78 is 15.3. The molecule has 1 amide bonds. The van der Waals surface area contributed by atoms with Crippen molar-refractivity contribution in [1.29, 1.82) is 0 Å². The summed E-state index contributed by atoms with van der Waals surface area (Å²) in [5.41, 5.74) is 4.20. The second kappa shape index (κ2) is 9.29. The highest BCUT2D eigenvalue weighted by molar-refractivity contribution is 5.94. The first-order valence-electron chi connectivity index (χ1n) is 11.4. The number of aromatic nitrogens is 2. The summed E-state index contributed by atoms with van der Waals surface area (Å²) in [5.74, 6) is -0.0874. The van der Waals surface area contributed by atoms with Gasteiger partial charge in [0.1, 0.15) is 5.82 Å². The summed E-state index contributed by atoms with van der Waals surface area (Å²) in [5, 5.41) is 4.81. The average Bonchev–Trinajstić information content (AvgIpc) is 3.13. The summed E-state index contributed by atoms with van der Waals surface area (Å²) >= 11 is 0. The molecular formula is C24H33FN4O. The van der Waals surface area contributed by atoms with Crippen LogP contribution in [0.2, 0.25) is 0 Å². The van der Waals surface area contributed by atoms with Gasteiger partial charge >= 0.3 is 0 Å². The third-order valence-corrected chi connectivity index (χ3v) is 6.57. The maximum absolute atomic E-state index is 13.3. The number of halogens is 1. The van der Waals surface area contributed by atoms with Crippen LogP contribution in [0, 0.1) is 5.82 Å². The van der Waals surface area contributed by atoms with E-state index in [1.165, 1.54) is 24.2 Å². The molecule has 1 aromatic carbocycles. The van der Waals surface area contributed by atoms with Gasteiger partial charge in [-0.15, -0.1) is 0 Å². The third kappa shape index (κ3) is 4.43. The molecule has 0 N–H and O–H groups in total. The minimum absolute atomic E-state index is 0.114. The zero-order valence-electron chi connectivity index (χ0n) is 18.2. The Labute approximate surface area is 178 Å². The van der Waals surface area contributed by atoms with E-state index in [9.17, 15) is 9.18 Å². The molecule has 1 saturated heterocycles. The van der Waals surface area contributed by atoms with Crippen molar-refractivity contribution in [2.45, 2.75) is 71.0 Å². The van der Waals surface area contributed by atoms with E-state index >= 15 is 0 Å². The fraction of sp³-hybridized carbons (Fsp3) is 0.583. The van der Waals surface area contributed by atoms with E-state index in [4.69, 9.17) is 5.10 Å². The molecule has 1 fully saturated rings. The summed E-state index contributed by atoms with van der Waals surface area (Å²) in [7, 11) is 2.13. The molecule has 0 saturated carbocycles. The Bertz CT molecular complexity index is 870. The Morgan fingerprint density at radius 1 is 1.20 bits per heavy atom. The predicted octanol–water partition coefficient (Wildman–Crippen LogP) is 4.05. The number of rotatable bonds is 6. The monoisotopic (exact) mass is 412 g/mol. The van der Waals surface area contributed by atoms with Gasteiger partial charge < -0.3 is 4.90 Å². The summed E-state index contributed by atoms with van der Waals surface area (Å²) in [6.45, 7) is 5.50. The highest BCUT2D eigenvalue weighted by atomic mass is 19.1. The molecule has 30 heavy (non-hydrogen) atoms. The summed E-state index contributed by atoms with van der Waals surface area (Å²) in [6.07, 6.45) is 7.26. The molecule has 0 bridgehead atoms. The molecule has 0 radical (unpaired) electrons. The SMILES string of the molecule is CCCn1nc(C(=O)N2CCCCC2)c2c1CCC(N(C)Cc1ccc(F)cc1)C2. The molecular weight excluding hydrogens is 379 g/mol. The van der Waals surface area contributed by atoms with Crippen molar-refractivity contribution in [1.82, 2.24) is 19.6 Å². The predicted molar refractivity (Wildman–Crippen MR) is 116 cm³/mol. The van der Waals surface area contributed by atoms with E-state index in [1.54, 1.807) is 0 Å². The molecule has 0 spiro atoms. The Kier molecular flexibility index (Phi) is 6.52. The highest BCUT2D eigenvalue weighted by Crippen LogP contribution is 2.29. The molecule has 4 rings (SSSR count). The topological polar surface area (TPSA) is 41.4 Å². The molecule has 1 unspecified atom stereocenters. The third-order valence-electron chi connectivity index (χ3n) is 6.57. The van der Waals surface area contributed by atoms with Crippen LogP contribution in [0.1, 0.15) is 66.3 Å². The normalized spacial score (nSPS) is 19.2. The van der Waals surface area contributed by atoms with Crippen molar-refractivity contribution in [3.63, 3.8) is 0 Å². The Morgan fingerprint density at radius 3 is 2.63 bits per heavy atom. The fourth-order valence-electron chi connectivity index (χ4n) is 4.87. The Hall–Kier alpha value is -2.21. The molecule has 2 aromatic rings. The molecule has 5 nitrogen and oxygen atoms in total. The van der Waals surface area contributed by atoms with Gasteiger partial charge in [-0.05, 0) is 69.7 Å². The van der Waals surface area contributed by atoms with Crippen LogP contribution in [-0.4, -0.2) is 51.7 Å². The van der Waals surface area contributed by atoms with Gasteiger partial charge in [0.2, 0.25) is 0 Å². The van der Waals surface area contributed by atoms with Crippen LogP contribution in [0.3, 0.4) is 0 Å². The quantitative estimate of drug-likeness (QED) is 0.719. The lowest BCUT2D eigenvalue weighted by Crippen LogP contribution is -2.38. The number of aryl methyl sites for hydroxylation is 1. The van der Waals surface area contributed by atoms with Crippen molar-refractivity contribution in [3.05, 3.63) is 52.6 Å². The van der Waals surface area contributed by atoms with E-state index in [1.807, 2.05) is 17.0 Å². The number of fused-ring (bicyclic) bond motifs is 1. The van der Waals surface area contributed by atoms with Crippen molar-refractivity contribution in [3.8, 4) is 0 Å². The van der Waals surface area contributed by atoms with Crippen LogP contribution in [0.25, 0.3) is 0 Å². The molecule has 2 heterocycles. The van der Waals surface area contributed by atoms with Gasteiger partial charge in [-0.2, -0.15) is 5.10 Å². The molecule has 1 atom stereocenters. The summed E-state index contributed by atoms with van der Waals surface area (Å²) in [4.78, 5) is 17.6. The molecule has 1 aromatic heterocycles. The zero-order chi connectivity index (χ0) is 21.1. The van der Waals surface area contributed by atoms with E-state index in [0.717, 1.165) is 75.8 Å². The number of hydrogen-bond acceptors (Lipinski definition) is 3. The maximum Gasteiger partial charge on any atom is 0.274 e. The van der Waals surface area contributed by atoms with Crippen molar-refractivity contribution < 1.29 is 9.18 Å². The van der Waals surface area contributed by atoms with Crippen LogP contribution in [-0.2, 0) is 25.9 Å². The molecule has 6 heteroatoms.